The van der Waals surface area contributed by atoms with Gasteiger partial charge in [0.15, 0.2) is 6.61 Å². The molecule has 0 amide bonds. The van der Waals surface area contributed by atoms with E-state index in [4.69, 9.17) is 26.0 Å². The predicted octanol–water partition coefficient (Wildman–Crippen LogP) is 3.38. The quantitative estimate of drug-likeness (QED) is 0.826. The lowest BCUT2D eigenvalue weighted by Crippen LogP contribution is -1.97. The summed E-state index contributed by atoms with van der Waals surface area (Å²) in [5.41, 5.74) is 0.185. The van der Waals surface area contributed by atoms with Crippen molar-refractivity contribution in [3.05, 3.63) is 53.5 Å². The molecule has 6 heteroatoms. The molecule has 0 bridgehead atoms. The minimum Gasteiger partial charge on any atom is -0.482 e. The van der Waals surface area contributed by atoms with E-state index in [9.17, 15) is 0 Å². The van der Waals surface area contributed by atoms with E-state index in [1.807, 2.05) is 18.2 Å². The number of nitrogens with one attached hydrogen (secondary N) is 1. The fraction of sp³-hybridized carbons (Fsp3) is 0.143. The van der Waals surface area contributed by atoms with Gasteiger partial charge in [0.2, 0.25) is 17.5 Å². The van der Waals surface area contributed by atoms with Gasteiger partial charge in [0.25, 0.3) is 0 Å². The molecular formula is C14H12ClN3O2. The minimum absolute atomic E-state index is 0.0915. The summed E-state index contributed by atoms with van der Waals surface area (Å²) in [7, 11) is 0. The average Bonchev–Trinajstić information content (AvgIpc) is 2.86. The van der Waals surface area contributed by atoms with Crippen LogP contribution in [0.4, 0.5) is 5.88 Å². The summed E-state index contributed by atoms with van der Waals surface area (Å²) in [6.45, 7) is 4.15. The van der Waals surface area contributed by atoms with Gasteiger partial charge in [0.05, 0.1) is 5.02 Å². The van der Waals surface area contributed by atoms with Crippen LogP contribution in [0.15, 0.2) is 41.3 Å². The third kappa shape index (κ3) is 3.31. The first-order valence-electron chi connectivity index (χ1n) is 5.86. The number of hydrogen-bond acceptors (Lipinski definition) is 5. The molecule has 1 aromatic heterocycles. The number of rotatable bonds is 6. The first-order chi connectivity index (χ1) is 9.74. The molecule has 2 rings (SSSR count). The summed E-state index contributed by atoms with van der Waals surface area (Å²) in [6, 6.07) is 9.05. The predicted molar refractivity (Wildman–Crippen MR) is 75.7 cm³/mol. The van der Waals surface area contributed by atoms with Crippen molar-refractivity contribution in [3.8, 4) is 11.8 Å². The van der Waals surface area contributed by atoms with E-state index in [1.165, 1.54) is 0 Å². The number of oxazole rings is 1. The molecule has 5 nitrogen and oxygen atoms in total. The normalized spacial score (nSPS) is 9.80. The van der Waals surface area contributed by atoms with Crippen molar-refractivity contribution < 1.29 is 9.15 Å². The van der Waals surface area contributed by atoms with Gasteiger partial charge in [0.1, 0.15) is 11.8 Å². The van der Waals surface area contributed by atoms with Crippen LogP contribution in [-0.2, 0) is 6.61 Å². The van der Waals surface area contributed by atoms with Gasteiger partial charge in [-0.3, -0.25) is 0 Å². The fourth-order valence-electron chi connectivity index (χ4n) is 1.49. The van der Waals surface area contributed by atoms with E-state index in [0.717, 1.165) is 0 Å². The van der Waals surface area contributed by atoms with Crippen molar-refractivity contribution in [1.82, 2.24) is 4.98 Å². The highest BCUT2D eigenvalue weighted by molar-refractivity contribution is 6.32. The van der Waals surface area contributed by atoms with Crippen molar-refractivity contribution >= 4 is 17.5 Å². The maximum Gasteiger partial charge on any atom is 0.236 e. The van der Waals surface area contributed by atoms with Crippen LogP contribution in [0, 0.1) is 11.3 Å². The number of aromatic nitrogens is 1. The molecule has 0 spiro atoms. The number of ether oxygens (including phenoxy) is 1. The van der Waals surface area contributed by atoms with E-state index in [1.54, 1.807) is 18.2 Å². The van der Waals surface area contributed by atoms with Gasteiger partial charge in [-0.15, -0.1) is 6.58 Å². The molecule has 0 atom stereocenters. The number of nitrogens with zero attached hydrogens (tertiary/aromatic N) is 2. The van der Waals surface area contributed by atoms with Gasteiger partial charge in [-0.1, -0.05) is 29.8 Å². The van der Waals surface area contributed by atoms with E-state index >= 15 is 0 Å². The summed E-state index contributed by atoms with van der Waals surface area (Å²) >= 11 is 5.97. The maximum atomic E-state index is 8.96. The van der Waals surface area contributed by atoms with Gasteiger partial charge < -0.3 is 14.5 Å². The standard InChI is InChI=1S/C14H12ClN3O2/c1-2-7-17-14-11(8-16)18-13(20-14)9-19-12-6-4-3-5-10(12)15/h2-6,17H,1,7,9H2. The van der Waals surface area contributed by atoms with Gasteiger partial charge in [-0.25, -0.2) is 0 Å². The average molecular weight is 290 g/mol. The van der Waals surface area contributed by atoms with Crippen molar-refractivity contribution in [3.63, 3.8) is 0 Å². The largest absolute Gasteiger partial charge is 0.482 e. The summed E-state index contributed by atoms with van der Waals surface area (Å²) in [6.07, 6.45) is 1.66. The Kier molecular flexibility index (Phi) is 4.64. The highest BCUT2D eigenvalue weighted by atomic mass is 35.5. The Morgan fingerprint density at radius 3 is 3.00 bits per heavy atom. The van der Waals surface area contributed by atoms with Crippen molar-refractivity contribution in [2.45, 2.75) is 6.61 Å². The zero-order valence-electron chi connectivity index (χ0n) is 10.6. The number of halogens is 1. The Morgan fingerprint density at radius 2 is 2.30 bits per heavy atom. The Labute approximate surface area is 121 Å². The van der Waals surface area contributed by atoms with Crippen LogP contribution in [0.5, 0.6) is 5.75 Å². The first kappa shape index (κ1) is 14.0. The maximum absolute atomic E-state index is 8.96. The van der Waals surface area contributed by atoms with Crippen molar-refractivity contribution in [2.75, 3.05) is 11.9 Å². The van der Waals surface area contributed by atoms with Crippen LogP contribution >= 0.6 is 11.6 Å². The Balaban J connectivity index is 2.07. The molecular weight excluding hydrogens is 278 g/mol. The first-order valence-corrected chi connectivity index (χ1v) is 6.24. The number of nitriles is 1. The molecule has 0 aliphatic rings. The number of para-hydroxylation sites is 1. The minimum atomic E-state index is 0.0915. The zero-order chi connectivity index (χ0) is 14.4. The lowest BCUT2D eigenvalue weighted by atomic mass is 10.3. The van der Waals surface area contributed by atoms with Crippen molar-refractivity contribution in [1.29, 1.82) is 5.26 Å². The molecule has 20 heavy (non-hydrogen) atoms. The van der Waals surface area contributed by atoms with Crippen LogP contribution in [0.25, 0.3) is 0 Å². The highest BCUT2D eigenvalue weighted by Gasteiger charge is 2.13. The molecule has 2 aromatic rings. The lowest BCUT2D eigenvalue weighted by molar-refractivity contribution is 0.265. The van der Waals surface area contributed by atoms with E-state index in [-0.39, 0.29) is 12.3 Å². The lowest BCUT2D eigenvalue weighted by Gasteiger charge is -2.04. The molecule has 0 aliphatic carbocycles. The molecule has 1 heterocycles. The second-order valence-electron chi connectivity index (χ2n) is 3.79. The summed E-state index contributed by atoms with van der Waals surface area (Å²) in [5.74, 6) is 1.14. The van der Waals surface area contributed by atoms with Gasteiger partial charge in [-0.2, -0.15) is 10.2 Å². The molecule has 0 saturated heterocycles. The second kappa shape index (κ2) is 6.64. The molecule has 102 valence electrons. The molecule has 0 unspecified atom stereocenters. The molecule has 1 N–H and O–H groups in total. The van der Waals surface area contributed by atoms with E-state index in [2.05, 4.69) is 16.9 Å². The van der Waals surface area contributed by atoms with E-state index < -0.39 is 0 Å². The Hall–Kier alpha value is -2.45. The van der Waals surface area contributed by atoms with Crippen LogP contribution < -0.4 is 10.1 Å². The SMILES string of the molecule is C=CCNc1oc(COc2ccccc2Cl)nc1C#N. The highest BCUT2D eigenvalue weighted by Crippen LogP contribution is 2.24. The van der Waals surface area contributed by atoms with Gasteiger partial charge >= 0.3 is 0 Å². The molecule has 1 aromatic carbocycles. The molecule has 0 aliphatic heterocycles. The number of benzene rings is 1. The fourth-order valence-corrected chi connectivity index (χ4v) is 1.68. The number of anilines is 1. The van der Waals surface area contributed by atoms with E-state index in [0.29, 0.717) is 29.1 Å². The zero-order valence-corrected chi connectivity index (χ0v) is 11.4. The van der Waals surface area contributed by atoms with Crippen LogP contribution in [0.3, 0.4) is 0 Å². The van der Waals surface area contributed by atoms with Crippen LogP contribution in [0.1, 0.15) is 11.6 Å². The van der Waals surface area contributed by atoms with Crippen LogP contribution in [-0.4, -0.2) is 11.5 Å². The molecule has 0 saturated carbocycles. The Bertz CT molecular complexity index is 646. The summed E-state index contributed by atoms with van der Waals surface area (Å²) < 4.78 is 10.9. The van der Waals surface area contributed by atoms with Gasteiger partial charge in [0, 0.05) is 6.54 Å². The monoisotopic (exact) mass is 289 g/mol. The Morgan fingerprint density at radius 1 is 1.50 bits per heavy atom. The molecule has 0 radical (unpaired) electrons. The topological polar surface area (TPSA) is 71.1 Å². The van der Waals surface area contributed by atoms with Crippen molar-refractivity contribution in [2.24, 2.45) is 0 Å². The second-order valence-corrected chi connectivity index (χ2v) is 4.19. The smallest absolute Gasteiger partial charge is 0.236 e. The van der Waals surface area contributed by atoms with Crippen LogP contribution in [0.2, 0.25) is 5.02 Å². The summed E-state index contributed by atoms with van der Waals surface area (Å²) in [4.78, 5) is 4.03. The molecule has 0 fully saturated rings. The third-order valence-electron chi connectivity index (χ3n) is 2.37. The number of hydrogen-bond donors (Lipinski definition) is 1. The third-order valence-corrected chi connectivity index (χ3v) is 2.68. The summed E-state index contributed by atoms with van der Waals surface area (Å²) in [5, 5.41) is 12.4. The van der Waals surface area contributed by atoms with Gasteiger partial charge in [-0.05, 0) is 12.1 Å².